The fourth-order valence-corrected chi connectivity index (χ4v) is 3.82. The molecule has 0 radical (unpaired) electrons. The van der Waals surface area contributed by atoms with E-state index in [1.165, 1.54) is 24.4 Å². The minimum atomic E-state index is -3.80. The molecular formula is C12H11N3O5S2. The highest BCUT2D eigenvalue weighted by molar-refractivity contribution is 7.93. The molecule has 1 amide bonds. The number of benzene rings is 1. The molecule has 2 aromatic rings. The van der Waals surface area contributed by atoms with E-state index >= 15 is 0 Å². The first kappa shape index (κ1) is 14.6. The maximum Gasteiger partial charge on any atom is 0.412 e. The number of anilines is 2. The highest BCUT2D eigenvalue weighted by Crippen LogP contribution is 2.34. The Morgan fingerprint density at radius 2 is 2.27 bits per heavy atom. The van der Waals surface area contributed by atoms with Gasteiger partial charge in [-0.05, 0) is 12.1 Å². The Balaban J connectivity index is 1.95. The van der Waals surface area contributed by atoms with Crippen molar-refractivity contribution < 1.29 is 23.1 Å². The molecule has 22 heavy (non-hydrogen) atoms. The minimum absolute atomic E-state index is 0.0197. The average molecular weight is 341 g/mol. The van der Waals surface area contributed by atoms with Gasteiger partial charge in [-0.25, -0.2) is 18.2 Å². The van der Waals surface area contributed by atoms with Crippen LogP contribution in [0.15, 0.2) is 34.7 Å². The Bertz CT molecular complexity index is 804. The lowest BCUT2D eigenvalue weighted by Gasteiger charge is -2.27. The van der Waals surface area contributed by atoms with Crippen molar-refractivity contribution in [1.29, 1.82) is 0 Å². The molecule has 1 aliphatic rings. The second kappa shape index (κ2) is 5.46. The number of nitrogens with zero attached hydrogens (tertiary/aromatic N) is 2. The van der Waals surface area contributed by atoms with Crippen LogP contribution in [0.25, 0.3) is 0 Å². The molecule has 116 valence electrons. The Kier molecular flexibility index (Phi) is 3.62. The first-order chi connectivity index (χ1) is 10.5. The van der Waals surface area contributed by atoms with E-state index in [4.69, 9.17) is 9.84 Å². The van der Waals surface area contributed by atoms with E-state index in [1.54, 1.807) is 5.38 Å². The molecule has 1 aliphatic heterocycles. The number of hydrogen-bond donors (Lipinski definition) is 2. The number of hydrogen-bond acceptors (Lipinski definition) is 6. The highest BCUT2D eigenvalue weighted by atomic mass is 32.2. The SMILES string of the molecule is O=C(O)N1CCOc2cc(S(=O)(=O)Nc3nccs3)ccc21. The smallest absolute Gasteiger partial charge is 0.412 e. The van der Waals surface area contributed by atoms with E-state index in [9.17, 15) is 13.2 Å². The fraction of sp³-hybridized carbons (Fsp3) is 0.167. The van der Waals surface area contributed by atoms with Crippen molar-refractivity contribution >= 4 is 38.3 Å². The molecule has 3 rings (SSSR count). The number of ether oxygens (including phenoxy) is 1. The number of rotatable bonds is 3. The predicted octanol–water partition coefficient (Wildman–Crippen LogP) is 1.82. The number of nitrogens with one attached hydrogen (secondary N) is 1. The van der Waals surface area contributed by atoms with Gasteiger partial charge in [0, 0.05) is 17.6 Å². The molecule has 0 aliphatic carbocycles. The lowest BCUT2D eigenvalue weighted by molar-refractivity contribution is 0.196. The Morgan fingerprint density at radius 1 is 1.45 bits per heavy atom. The first-order valence-corrected chi connectivity index (χ1v) is 8.53. The van der Waals surface area contributed by atoms with E-state index in [0.717, 1.165) is 16.2 Å². The van der Waals surface area contributed by atoms with Gasteiger partial charge in [-0.1, -0.05) is 0 Å². The van der Waals surface area contributed by atoms with Gasteiger partial charge in [0.05, 0.1) is 17.1 Å². The minimum Gasteiger partial charge on any atom is -0.489 e. The molecule has 0 spiro atoms. The predicted molar refractivity (Wildman–Crippen MR) is 80.2 cm³/mol. The average Bonchev–Trinajstić information content (AvgIpc) is 2.98. The van der Waals surface area contributed by atoms with Gasteiger partial charge in [0.25, 0.3) is 10.0 Å². The van der Waals surface area contributed by atoms with Crippen molar-refractivity contribution in [3.63, 3.8) is 0 Å². The molecule has 10 heteroatoms. The summed E-state index contributed by atoms with van der Waals surface area (Å²) < 4.78 is 32.3. The molecule has 2 heterocycles. The van der Waals surface area contributed by atoms with Gasteiger partial charge < -0.3 is 9.84 Å². The lowest BCUT2D eigenvalue weighted by atomic mass is 10.2. The largest absolute Gasteiger partial charge is 0.489 e. The first-order valence-electron chi connectivity index (χ1n) is 6.17. The monoisotopic (exact) mass is 341 g/mol. The van der Waals surface area contributed by atoms with E-state index < -0.39 is 16.1 Å². The van der Waals surface area contributed by atoms with Crippen molar-refractivity contribution in [2.75, 3.05) is 22.8 Å². The standard InChI is InChI=1S/C12H11N3O5S2/c16-12(17)15-4-5-20-10-7-8(1-2-9(10)15)22(18,19)14-11-13-3-6-21-11/h1-3,6-7H,4-5H2,(H,13,14)(H,16,17). The third-order valence-electron chi connectivity index (χ3n) is 2.99. The number of sulfonamides is 1. The third-order valence-corrected chi connectivity index (χ3v) is 5.14. The Labute approximate surface area is 130 Å². The molecule has 8 nitrogen and oxygen atoms in total. The molecule has 0 fully saturated rings. The molecule has 0 saturated carbocycles. The summed E-state index contributed by atoms with van der Waals surface area (Å²) in [4.78, 5) is 16.1. The van der Waals surface area contributed by atoms with Gasteiger partial charge >= 0.3 is 6.09 Å². The van der Waals surface area contributed by atoms with Gasteiger partial charge in [-0.3, -0.25) is 9.62 Å². The Morgan fingerprint density at radius 3 is 2.95 bits per heavy atom. The van der Waals surface area contributed by atoms with Gasteiger partial charge in [0.15, 0.2) is 5.13 Å². The molecule has 2 N–H and O–H groups in total. The number of fused-ring (bicyclic) bond motifs is 1. The van der Waals surface area contributed by atoms with Crippen LogP contribution in [0.4, 0.5) is 15.6 Å². The molecule has 0 atom stereocenters. The lowest BCUT2D eigenvalue weighted by Crippen LogP contribution is -2.36. The summed E-state index contributed by atoms with van der Waals surface area (Å²) in [6.45, 7) is 0.370. The number of carbonyl (C=O) groups is 1. The van der Waals surface area contributed by atoms with Crippen LogP contribution in [0.5, 0.6) is 5.75 Å². The van der Waals surface area contributed by atoms with Crippen LogP contribution in [-0.2, 0) is 10.0 Å². The summed E-state index contributed by atoms with van der Waals surface area (Å²) in [5, 5.41) is 11.0. The van der Waals surface area contributed by atoms with E-state index in [2.05, 4.69) is 9.71 Å². The van der Waals surface area contributed by atoms with Crippen LogP contribution in [-0.4, -0.2) is 37.8 Å². The molecular weight excluding hydrogens is 330 g/mol. The van der Waals surface area contributed by atoms with Gasteiger partial charge in [0.2, 0.25) is 0 Å². The maximum absolute atomic E-state index is 12.3. The van der Waals surface area contributed by atoms with Gasteiger partial charge in [0.1, 0.15) is 12.4 Å². The summed E-state index contributed by atoms with van der Waals surface area (Å²) in [5.41, 5.74) is 0.326. The van der Waals surface area contributed by atoms with Gasteiger partial charge in [-0.15, -0.1) is 11.3 Å². The maximum atomic E-state index is 12.3. The van der Waals surface area contributed by atoms with Crippen LogP contribution in [0, 0.1) is 0 Å². The molecule has 0 saturated heterocycles. The zero-order chi connectivity index (χ0) is 15.7. The van der Waals surface area contributed by atoms with E-state index in [-0.39, 0.29) is 28.9 Å². The second-order valence-electron chi connectivity index (χ2n) is 4.35. The number of carboxylic acid groups (broad SMARTS) is 1. The summed E-state index contributed by atoms with van der Waals surface area (Å²) in [6, 6.07) is 4.05. The van der Waals surface area contributed by atoms with Crippen LogP contribution in [0.1, 0.15) is 0 Å². The molecule has 1 aromatic carbocycles. The van der Waals surface area contributed by atoms with Crippen molar-refractivity contribution in [3.8, 4) is 5.75 Å². The van der Waals surface area contributed by atoms with Crippen molar-refractivity contribution in [3.05, 3.63) is 29.8 Å². The summed E-state index contributed by atoms with van der Waals surface area (Å²) in [7, 11) is -3.80. The van der Waals surface area contributed by atoms with E-state index in [1.807, 2.05) is 0 Å². The summed E-state index contributed by atoms with van der Waals surface area (Å²) in [5.74, 6) is 0.218. The molecule has 0 bridgehead atoms. The summed E-state index contributed by atoms with van der Waals surface area (Å²) >= 11 is 1.16. The Hall–Kier alpha value is -2.33. The number of aromatic nitrogens is 1. The summed E-state index contributed by atoms with van der Waals surface area (Å²) in [6.07, 6.45) is 0.379. The van der Waals surface area contributed by atoms with E-state index in [0.29, 0.717) is 5.69 Å². The van der Waals surface area contributed by atoms with Crippen molar-refractivity contribution in [2.45, 2.75) is 4.90 Å². The molecule has 1 aromatic heterocycles. The highest BCUT2D eigenvalue weighted by Gasteiger charge is 2.25. The van der Waals surface area contributed by atoms with Crippen LogP contribution in [0.2, 0.25) is 0 Å². The van der Waals surface area contributed by atoms with Crippen molar-refractivity contribution in [2.24, 2.45) is 0 Å². The van der Waals surface area contributed by atoms with Crippen LogP contribution in [0.3, 0.4) is 0 Å². The van der Waals surface area contributed by atoms with Crippen LogP contribution >= 0.6 is 11.3 Å². The number of amides is 1. The number of thiazole rings is 1. The van der Waals surface area contributed by atoms with Crippen molar-refractivity contribution in [1.82, 2.24) is 4.98 Å². The second-order valence-corrected chi connectivity index (χ2v) is 6.93. The van der Waals surface area contributed by atoms with Gasteiger partial charge in [-0.2, -0.15) is 0 Å². The van der Waals surface area contributed by atoms with Crippen LogP contribution < -0.4 is 14.4 Å². The molecule has 0 unspecified atom stereocenters. The zero-order valence-corrected chi connectivity index (χ0v) is 12.7. The topological polar surface area (TPSA) is 109 Å². The fourth-order valence-electron chi connectivity index (χ4n) is 2.01. The quantitative estimate of drug-likeness (QED) is 0.881. The normalized spacial score (nSPS) is 14.1. The zero-order valence-electron chi connectivity index (χ0n) is 11.1. The third kappa shape index (κ3) is 2.70.